The molecular weight excluding hydrogens is 206 g/mol. The van der Waals surface area contributed by atoms with E-state index in [0.29, 0.717) is 17.9 Å². The highest BCUT2D eigenvalue weighted by Crippen LogP contribution is 2.34. The Kier molecular flexibility index (Phi) is 2.63. The van der Waals surface area contributed by atoms with Crippen LogP contribution in [-0.2, 0) is 6.54 Å². The molecule has 1 amide bonds. The minimum Gasteiger partial charge on any atom is -0.397 e. The molecule has 0 spiro atoms. The van der Waals surface area contributed by atoms with Crippen LogP contribution in [-0.4, -0.2) is 27.7 Å². The van der Waals surface area contributed by atoms with Gasteiger partial charge in [0.2, 0.25) is 0 Å². The van der Waals surface area contributed by atoms with Gasteiger partial charge in [-0.1, -0.05) is 0 Å². The van der Waals surface area contributed by atoms with Crippen molar-refractivity contribution in [1.29, 1.82) is 0 Å². The van der Waals surface area contributed by atoms with Crippen LogP contribution in [0.5, 0.6) is 0 Å². The predicted molar refractivity (Wildman–Crippen MR) is 61.0 cm³/mol. The van der Waals surface area contributed by atoms with E-state index in [-0.39, 0.29) is 18.1 Å². The number of aromatic nitrogens is 1. The van der Waals surface area contributed by atoms with E-state index in [2.05, 4.69) is 5.32 Å². The van der Waals surface area contributed by atoms with E-state index in [1.807, 2.05) is 6.92 Å². The third-order valence-electron chi connectivity index (χ3n) is 3.03. The maximum absolute atomic E-state index is 12.0. The van der Waals surface area contributed by atoms with Gasteiger partial charge in [-0.25, -0.2) is 0 Å². The Balaban J connectivity index is 2.14. The maximum atomic E-state index is 12.0. The molecule has 0 aromatic carbocycles. The summed E-state index contributed by atoms with van der Waals surface area (Å²) >= 11 is 0. The summed E-state index contributed by atoms with van der Waals surface area (Å²) in [5.74, 6) is -0.162. The summed E-state index contributed by atoms with van der Waals surface area (Å²) in [6, 6.07) is 1.66. The van der Waals surface area contributed by atoms with E-state index in [4.69, 9.17) is 10.8 Å². The fourth-order valence-corrected chi connectivity index (χ4v) is 1.76. The lowest BCUT2D eigenvalue weighted by atomic mass is 10.2. The van der Waals surface area contributed by atoms with Crippen molar-refractivity contribution in [2.45, 2.75) is 31.8 Å². The number of aliphatic hydroxyl groups excluding tert-OH is 1. The highest BCUT2D eigenvalue weighted by atomic mass is 16.3. The Labute approximate surface area is 94.2 Å². The van der Waals surface area contributed by atoms with Gasteiger partial charge >= 0.3 is 0 Å². The van der Waals surface area contributed by atoms with Crippen LogP contribution in [0.1, 0.15) is 30.3 Å². The van der Waals surface area contributed by atoms with Gasteiger partial charge in [0.05, 0.1) is 17.8 Å². The summed E-state index contributed by atoms with van der Waals surface area (Å²) in [6.45, 7) is 2.66. The van der Waals surface area contributed by atoms with Crippen molar-refractivity contribution in [3.05, 3.63) is 18.0 Å². The lowest BCUT2D eigenvalue weighted by Gasteiger charge is -2.14. The number of aryl methyl sites for hydroxylation is 1. The predicted octanol–water partition coefficient (Wildman–Crippen LogP) is 0.345. The smallest absolute Gasteiger partial charge is 0.268 e. The molecule has 16 heavy (non-hydrogen) atoms. The monoisotopic (exact) mass is 223 g/mol. The number of nitrogens with two attached hydrogens (primary N) is 1. The molecule has 4 N–H and O–H groups in total. The van der Waals surface area contributed by atoms with Gasteiger partial charge in [-0.05, 0) is 25.8 Å². The molecule has 0 unspecified atom stereocenters. The molecule has 1 saturated carbocycles. The topological polar surface area (TPSA) is 80.3 Å². The van der Waals surface area contributed by atoms with Crippen molar-refractivity contribution >= 4 is 11.6 Å². The van der Waals surface area contributed by atoms with Crippen LogP contribution in [0.2, 0.25) is 0 Å². The van der Waals surface area contributed by atoms with Crippen LogP contribution in [0.3, 0.4) is 0 Å². The fourth-order valence-electron chi connectivity index (χ4n) is 1.76. The first-order valence-corrected chi connectivity index (χ1v) is 5.49. The molecule has 1 aliphatic carbocycles. The summed E-state index contributed by atoms with van der Waals surface area (Å²) in [6.07, 6.45) is 3.43. The molecule has 1 aromatic rings. The molecule has 0 aliphatic heterocycles. The Morgan fingerprint density at radius 2 is 2.38 bits per heavy atom. The average Bonchev–Trinajstić information content (AvgIpc) is 2.93. The molecule has 1 aliphatic rings. The molecule has 0 atom stereocenters. The van der Waals surface area contributed by atoms with Gasteiger partial charge in [0.1, 0.15) is 5.69 Å². The van der Waals surface area contributed by atoms with E-state index >= 15 is 0 Å². The number of nitrogens with zero attached hydrogens (tertiary/aromatic N) is 1. The molecule has 5 nitrogen and oxygen atoms in total. The van der Waals surface area contributed by atoms with Crippen molar-refractivity contribution < 1.29 is 9.90 Å². The number of rotatable bonds is 4. The number of nitrogen functional groups attached to an aromatic ring is 1. The molecule has 1 heterocycles. The lowest BCUT2D eigenvalue weighted by Crippen LogP contribution is -2.40. The van der Waals surface area contributed by atoms with Crippen molar-refractivity contribution in [3.63, 3.8) is 0 Å². The van der Waals surface area contributed by atoms with E-state index < -0.39 is 0 Å². The fraction of sp³-hybridized carbons (Fsp3) is 0.545. The normalized spacial score (nSPS) is 17.1. The SMILES string of the molecule is CCn1cc(N)cc1C(=O)NC1(CO)CC1. The van der Waals surface area contributed by atoms with E-state index in [1.54, 1.807) is 16.8 Å². The summed E-state index contributed by atoms with van der Waals surface area (Å²) in [7, 11) is 0. The highest BCUT2D eigenvalue weighted by Gasteiger charge is 2.43. The van der Waals surface area contributed by atoms with Gasteiger partial charge in [-0.15, -0.1) is 0 Å². The van der Waals surface area contributed by atoms with E-state index in [0.717, 1.165) is 12.8 Å². The molecule has 0 bridgehead atoms. The van der Waals surface area contributed by atoms with Gasteiger partial charge in [0.15, 0.2) is 0 Å². The Hall–Kier alpha value is -1.49. The Morgan fingerprint density at radius 3 is 2.88 bits per heavy atom. The summed E-state index contributed by atoms with van der Waals surface area (Å²) in [5.41, 5.74) is 6.41. The zero-order chi connectivity index (χ0) is 11.8. The molecule has 1 aromatic heterocycles. The average molecular weight is 223 g/mol. The van der Waals surface area contributed by atoms with Crippen LogP contribution >= 0.6 is 0 Å². The van der Waals surface area contributed by atoms with Gasteiger partial charge in [-0.3, -0.25) is 4.79 Å². The van der Waals surface area contributed by atoms with Crippen molar-refractivity contribution in [2.24, 2.45) is 0 Å². The second-order valence-electron chi connectivity index (χ2n) is 4.34. The van der Waals surface area contributed by atoms with Crippen LogP contribution < -0.4 is 11.1 Å². The molecule has 2 rings (SSSR count). The van der Waals surface area contributed by atoms with Crippen molar-refractivity contribution in [1.82, 2.24) is 9.88 Å². The van der Waals surface area contributed by atoms with Crippen LogP contribution in [0.25, 0.3) is 0 Å². The van der Waals surface area contributed by atoms with Crippen molar-refractivity contribution in [3.8, 4) is 0 Å². The van der Waals surface area contributed by atoms with E-state index in [1.165, 1.54) is 0 Å². The van der Waals surface area contributed by atoms with Crippen LogP contribution in [0.15, 0.2) is 12.3 Å². The summed E-state index contributed by atoms with van der Waals surface area (Å²) in [4.78, 5) is 12.0. The van der Waals surface area contributed by atoms with Crippen LogP contribution in [0.4, 0.5) is 5.69 Å². The largest absolute Gasteiger partial charge is 0.397 e. The molecule has 0 radical (unpaired) electrons. The standard InChI is InChI=1S/C11H17N3O2/c1-2-14-6-8(12)5-9(14)10(16)13-11(7-15)3-4-11/h5-6,15H,2-4,7,12H2,1H3,(H,13,16). The first-order valence-electron chi connectivity index (χ1n) is 5.49. The number of carbonyl (C=O) groups is 1. The minimum atomic E-state index is -0.380. The second kappa shape index (κ2) is 3.83. The number of aliphatic hydroxyl groups is 1. The zero-order valence-electron chi connectivity index (χ0n) is 9.36. The number of nitrogens with one attached hydrogen (secondary N) is 1. The number of hydrogen-bond acceptors (Lipinski definition) is 3. The number of anilines is 1. The third kappa shape index (κ3) is 1.90. The summed E-state index contributed by atoms with van der Waals surface area (Å²) < 4.78 is 1.80. The number of hydrogen-bond donors (Lipinski definition) is 3. The van der Waals surface area contributed by atoms with Gasteiger partial charge in [-0.2, -0.15) is 0 Å². The van der Waals surface area contributed by atoms with Gasteiger partial charge < -0.3 is 20.7 Å². The lowest BCUT2D eigenvalue weighted by molar-refractivity contribution is 0.0897. The molecule has 1 fully saturated rings. The number of carbonyl (C=O) groups excluding carboxylic acids is 1. The van der Waals surface area contributed by atoms with Gasteiger partial charge in [0, 0.05) is 12.7 Å². The molecule has 88 valence electrons. The quantitative estimate of drug-likeness (QED) is 0.688. The highest BCUT2D eigenvalue weighted by molar-refractivity contribution is 5.94. The first kappa shape index (κ1) is 11.0. The molecule has 0 saturated heterocycles. The minimum absolute atomic E-state index is 0.00105. The molecular formula is C11H17N3O2. The van der Waals surface area contributed by atoms with E-state index in [9.17, 15) is 4.79 Å². The molecule has 5 heteroatoms. The van der Waals surface area contributed by atoms with Gasteiger partial charge in [0.25, 0.3) is 5.91 Å². The Bertz CT molecular complexity index is 407. The maximum Gasteiger partial charge on any atom is 0.268 e. The third-order valence-corrected chi connectivity index (χ3v) is 3.03. The van der Waals surface area contributed by atoms with Crippen LogP contribution in [0, 0.1) is 0 Å². The summed E-state index contributed by atoms with van der Waals surface area (Å²) in [5, 5.41) is 12.0. The number of amides is 1. The first-order chi connectivity index (χ1) is 7.60. The van der Waals surface area contributed by atoms with Crippen molar-refractivity contribution in [2.75, 3.05) is 12.3 Å². The second-order valence-corrected chi connectivity index (χ2v) is 4.34. The Morgan fingerprint density at radius 1 is 1.69 bits per heavy atom. The zero-order valence-corrected chi connectivity index (χ0v) is 9.36.